The van der Waals surface area contributed by atoms with E-state index >= 15 is 0 Å². The van der Waals surface area contributed by atoms with Gasteiger partial charge in [0.25, 0.3) is 0 Å². The lowest BCUT2D eigenvalue weighted by molar-refractivity contribution is 0.386. The first-order valence-electron chi connectivity index (χ1n) is 4.64. The van der Waals surface area contributed by atoms with Gasteiger partial charge in [-0.1, -0.05) is 6.07 Å². The molecule has 2 rings (SSSR count). The van der Waals surface area contributed by atoms with Crippen molar-refractivity contribution in [1.82, 2.24) is 10.3 Å². The Hall–Kier alpha value is -1.09. The molecule has 0 saturated carbocycles. The summed E-state index contributed by atoms with van der Waals surface area (Å²) in [5.41, 5.74) is 1.18. The van der Waals surface area contributed by atoms with Crippen LogP contribution in [0.4, 0.5) is 0 Å². The Morgan fingerprint density at radius 2 is 2.54 bits per heavy atom. The number of hydrogen-bond donors (Lipinski definition) is 1. The van der Waals surface area contributed by atoms with Crippen molar-refractivity contribution in [2.24, 2.45) is 0 Å². The van der Waals surface area contributed by atoms with E-state index in [4.69, 9.17) is 4.74 Å². The molecule has 2 heterocycles. The van der Waals surface area contributed by atoms with Gasteiger partial charge in [-0.2, -0.15) is 0 Å². The van der Waals surface area contributed by atoms with Crippen molar-refractivity contribution < 1.29 is 4.74 Å². The summed E-state index contributed by atoms with van der Waals surface area (Å²) in [5, 5.41) is 3.43. The molecule has 13 heavy (non-hydrogen) atoms. The van der Waals surface area contributed by atoms with Crippen LogP contribution in [-0.2, 0) is 0 Å². The molecular formula is C10H14N2O. The second-order valence-electron chi connectivity index (χ2n) is 3.25. The minimum Gasteiger partial charge on any atom is -0.481 e. The standard InChI is InChI=1S/C10H14N2O/c1-13-10-8(4-2-7-12-10)9-5-3-6-11-9/h2,4,7,9,11H,3,5-6H2,1H3/t9-/m1/s1. The van der Waals surface area contributed by atoms with E-state index < -0.39 is 0 Å². The Balaban J connectivity index is 2.26. The smallest absolute Gasteiger partial charge is 0.217 e. The highest BCUT2D eigenvalue weighted by Gasteiger charge is 2.19. The van der Waals surface area contributed by atoms with Crippen LogP contribution < -0.4 is 10.1 Å². The summed E-state index contributed by atoms with van der Waals surface area (Å²) in [7, 11) is 1.67. The first kappa shape index (κ1) is 8.51. The van der Waals surface area contributed by atoms with Crippen molar-refractivity contribution in [2.75, 3.05) is 13.7 Å². The zero-order valence-electron chi connectivity index (χ0n) is 7.79. The Labute approximate surface area is 78.1 Å². The van der Waals surface area contributed by atoms with Crippen LogP contribution in [0.25, 0.3) is 0 Å². The van der Waals surface area contributed by atoms with Crippen LogP contribution in [0.1, 0.15) is 24.4 Å². The van der Waals surface area contributed by atoms with Gasteiger partial charge in [0.2, 0.25) is 5.88 Å². The Morgan fingerprint density at radius 1 is 1.62 bits per heavy atom. The molecule has 0 aliphatic carbocycles. The van der Waals surface area contributed by atoms with Crippen molar-refractivity contribution in [3.8, 4) is 5.88 Å². The van der Waals surface area contributed by atoms with E-state index in [-0.39, 0.29) is 0 Å². The fourth-order valence-electron chi connectivity index (χ4n) is 1.79. The number of ether oxygens (including phenoxy) is 1. The summed E-state index contributed by atoms with van der Waals surface area (Å²) in [4.78, 5) is 4.18. The normalized spacial score (nSPS) is 21.8. The molecule has 1 aromatic rings. The van der Waals surface area contributed by atoms with Crippen LogP contribution in [0, 0.1) is 0 Å². The molecule has 1 N–H and O–H groups in total. The zero-order chi connectivity index (χ0) is 9.10. The van der Waals surface area contributed by atoms with Crippen molar-refractivity contribution in [3.05, 3.63) is 23.9 Å². The fourth-order valence-corrected chi connectivity index (χ4v) is 1.79. The summed E-state index contributed by atoms with van der Waals surface area (Å²) in [6.07, 6.45) is 4.18. The zero-order valence-corrected chi connectivity index (χ0v) is 7.79. The topological polar surface area (TPSA) is 34.1 Å². The van der Waals surface area contributed by atoms with E-state index in [1.54, 1.807) is 13.3 Å². The van der Waals surface area contributed by atoms with Gasteiger partial charge >= 0.3 is 0 Å². The predicted molar refractivity (Wildman–Crippen MR) is 50.8 cm³/mol. The van der Waals surface area contributed by atoms with Crippen LogP contribution >= 0.6 is 0 Å². The van der Waals surface area contributed by atoms with Gasteiger partial charge in [-0.3, -0.25) is 0 Å². The highest BCUT2D eigenvalue weighted by Crippen LogP contribution is 2.28. The van der Waals surface area contributed by atoms with Gasteiger partial charge in [-0.25, -0.2) is 4.98 Å². The molecule has 1 saturated heterocycles. The molecular weight excluding hydrogens is 164 g/mol. The number of rotatable bonds is 2. The average Bonchev–Trinajstić information content (AvgIpc) is 2.70. The van der Waals surface area contributed by atoms with Crippen LogP contribution in [0.2, 0.25) is 0 Å². The lowest BCUT2D eigenvalue weighted by Gasteiger charge is -2.12. The number of methoxy groups -OCH3 is 1. The summed E-state index contributed by atoms with van der Waals surface area (Å²) in [5.74, 6) is 0.752. The number of aromatic nitrogens is 1. The maximum atomic E-state index is 5.21. The molecule has 0 amide bonds. The number of nitrogens with one attached hydrogen (secondary N) is 1. The third-order valence-corrected chi connectivity index (χ3v) is 2.43. The average molecular weight is 178 g/mol. The van der Waals surface area contributed by atoms with Crippen LogP contribution in [0.3, 0.4) is 0 Å². The Kier molecular flexibility index (Phi) is 2.45. The predicted octanol–water partition coefficient (Wildman–Crippen LogP) is 1.51. The van der Waals surface area contributed by atoms with E-state index in [1.165, 1.54) is 18.4 Å². The van der Waals surface area contributed by atoms with Gasteiger partial charge < -0.3 is 10.1 Å². The largest absolute Gasteiger partial charge is 0.481 e. The SMILES string of the molecule is COc1ncccc1[C@H]1CCCN1. The molecule has 0 spiro atoms. The van der Waals surface area contributed by atoms with E-state index in [2.05, 4.69) is 16.4 Å². The van der Waals surface area contributed by atoms with Crippen LogP contribution in [0.15, 0.2) is 18.3 Å². The molecule has 0 aromatic carbocycles. The minimum absolute atomic E-state index is 0.434. The van der Waals surface area contributed by atoms with Crippen molar-refractivity contribution in [1.29, 1.82) is 0 Å². The number of nitrogens with zero attached hydrogens (tertiary/aromatic N) is 1. The molecule has 0 unspecified atom stereocenters. The minimum atomic E-state index is 0.434. The molecule has 1 fully saturated rings. The molecule has 1 aromatic heterocycles. The van der Waals surface area contributed by atoms with Crippen molar-refractivity contribution in [3.63, 3.8) is 0 Å². The maximum Gasteiger partial charge on any atom is 0.217 e. The highest BCUT2D eigenvalue weighted by atomic mass is 16.5. The third-order valence-electron chi connectivity index (χ3n) is 2.43. The van der Waals surface area contributed by atoms with E-state index in [0.29, 0.717) is 6.04 Å². The summed E-state index contributed by atoms with van der Waals surface area (Å²) in [6.45, 7) is 1.10. The quantitative estimate of drug-likeness (QED) is 0.745. The van der Waals surface area contributed by atoms with E-state index in [1.807, 2.05) is 6.07 Å². The van der Waals surface area contributed by atoms with Gasteiger partial charge in [0.1, 0.15) is 0 Å². The van der Waals surface area contributed by atoms with E-state index in [9.17, 15) is 0 Å². The van der Waals surface area contributed by atoms with Gasteiger partial charge in [-0.15, -0.1) is 0 Å². The Morgan fingerprint density at radius 3 is 3.23 bits per heavy atom. The number of pyridine rings is 1. The lowest BCUT2D eigenvalue weighted by atomic mass is 10.1. The van der Waals surface area contributed by atoms with Crippen molar-refractivity contribution >= 4 is 0 Å². The van der Waals surface area contributed by atoms with E-state index in [0.717, 1.165) is 12.4 Å². The molecule has 3 heteroatoms. The summed E-state index contributed by atoms with van der Waals surface area (Å²) >= 11 is 0. The molecule has 3 nitrogen and oxygen atoms in total. The number of hydrogen-bond acceptors (Lipinski definition) is 3. The van der Waals surface area contributed by atoms with Gasteiger partial charge in [0, 0.05) is 17.8 Å². The first-order chi connectivity index (χ1) is 6.42. The molecule has 1 aliphatic rings. The molecule has 0 bridgehead atoms. The van der Waals surface area contributed by atoms with Gasteiger partial charge in [0.15, 0.2) is 0 Å². The second kappa shape index (κ2) is 3.75. The summed E-state index contributed by atoms with van der Waals surface area (Å²) in [6, 6.07) is 4.47. The van der Waals surface area contributed by atoms with Crippen molar-refractivity contribution in [2.45, 2.75) is 18.9 Å². The highest BCUT2D eigenvalue weighted by molar-refractivity contribution is 5.29. The lowest BCUT2D eigenvalue weighted by Crippen LogP contribution is -2.14. The Bertz CT molecular complexity index is 282. The fraction of sp³-hybridized carbons (Fsp3) is 0.500. The van der Waals surface area contributed by atoms with Gasteiger partial charge in [-0.05, 0) is 25.5 Å². The van der Waals surface area contributed by atoms with Crippen LogP contribution in [-0.4, -0.2) is 18.6 Å². The van der Waals surface area contributed by atoms with Gasteiger partial charge in [0.05, 0.1) is 7.11 Å². The molecule has 70 valence electrons. The first-order valence-corrected chi connectivity index (χ1v) is 4.64. The molecule has 1 aliphatic heterocycles. The van der Waals surface area contributed by atoms with Crippen LogP contribution in [0.5, 0.6) is 5.88 Å². The third kappa shape index (κ3) is 1.65. The monoisotopic (exact) mass is 178 g/mol. The molecule has 1 atom stereocenters. The summed E-state index contributed by atoms with van der Waals surface area (Å²) < 4.78 is 5.21. The molecule has 0 radical (unpaired) electrons. The second-order valence-corrected chi connectivity index (χ2v) is 3.25. The maximum absolute atomic E-state index is 5.21.